The Morgan fingerprint density at radius 3 is 2.81 bits per heavy atom. The number of rotatable bonds is 4. The first-order valence-electron chi connectivity index (χ1n) is 6.83. The zero-order chi connectivity index (χ0) is 14.8. The fraction of sp³-hybridized carbons (Fsp3) is 0.176. The standard InChI is InChI=1S/C17H15ClFNO/c1-2-20-10-12(16-8-13(18)6-7-17(16)20)11-21-15-5-3-4-14(19)9-15/h3-10H,2,11H2,1H3. The molecule has 3 rings (SSSR count). The maximum atomic E-state index is 13.2. The van der Waals surface area contributed by atoms with Gasteiger partial charge in [-0.3, -0.25) is 0 Å². The molecule has 2 aromatic carbocycles. The Kier molecular flexibility index (Phi) is 3.84. The van der Waals surface area contributed by atoms with Crippen molar-refractivity contribution in [3.63, 3.8) is 0 Å². The van der Waals surface area contributed by atoms with Crippen molar-refractivity contribution in [2.24, 2.45) is 0 Å². The molecular formula is C17H15ClFNO. The predicted molar refractivity (Wildman–Crippen MR) is 83.4 cm³/mol. The minimum atomic E-state index is -0.300. The van der Waals surface area contributed by atoms with Crippen LogP contribution in [0.3, 0.4) is 0 Å². The van der Waals surface area contributed by atoms with Crippen LogP contribution in [0.1, 0.15) is 12.5 Å². The number of hydrogen-bond acceptors (Lipinski definition) is 1. The van der Waals surface area contributed by atoms with Crippen molar-refractivity contribution >= 4 is 22.5 Å². The van der Waals surface area contributed by atoms with E-state index in [9.17, 15) is 4.39 Å². The van der Waals surface area contributed by atoms with Gasteiger partial charge in [0, 0.05) is 40.3 Å². The molecule has 4 heteroatoms. The quantitative estimate of drug-likeness (QED) is 0.659. The molecule has 0 saturated heterocycles. The van der Waals surface area contributed by atoms with Crippen molar-refractivity contribution in [3.05, 3.63) is 65.1 Å². The first kappa shape index (κ1) is 14.0. The fourth-order valence-electron chi connectivity index (χ4n) is 2.44. The summed E-state index contributed by atoms with van der Waals surface area (Å²) in [4.78, 5) is 0. The van der Waals surface area contributed by atoms with Gasteiger partial charge in [0.15, 0.2) is 0 Å². The van der Waals surface area contributed by atoms with E-state index in [1.54, 1.807) is 12.1 Å². The van der Waals surface area contributed by atoms with Crippen LogP contribution in [0.25, 0.3) is 10.9 Å². The number of aromatic nitrogens is 1. The van der Waals surface area contributed by atoms with Crippen LogP contribution in [0.15, 0.2) is 48.7 Å². The summed E-state index contributed by atoms with van der Waals surface area (Å²) < 4.78 is 21.0. The van der Waals surface area contributed by atoms with Gasteiger partial charge in [-0.05, 0) is 37.3 Å². The highest BCUT2D eigenvalue weighted by Crippen LogP contribution is 2.26. The van der Waals surface area contributed by atoms with E-state index in [1.165, 1.54) is 12.1 Å². The average molecular weight is 304 g/mol. The van der Waals surface area contributed by atoms with Gasteiger partial charge >= 0.3 is 0 Å². The van der Waals surface area contributed by atoms with Gasteiger partial charge in [-0.15, -0.1) is 0 Å². The molecule has 0 spiro atoms. The van der Waals surface area contributed by atoms with Crippen LogP contribution < -0.4 is 4.74 Å². The van der Waals surface area contributed by atoms with Gasteiger partial charge in [-0.25, -0.2) is 4.39 Å². The predicted octanol–water partition coefficient (Wildman–Crippen LogP) is 5.03. The lowest BCUT2D eigenvalue weighted by Gasteiger charge is -2.05. The molecule has 108 valence electrons. The summed E-state index contributed by atoms with van der Waals surface area (Å²) in [7, 11) is 0. The molecule has 0 aliphatic rings. The van der Waals surface area contributed by atoms with Crippen LogP contribution in [0.5, 0.6) is 5.75 Å². The third-order valence-corrected chi connectivity index (χ3v) is 3.69. The number of fused-ring (bicyclic) bond motifs is 1. The van der Waals surface area contributed by atoms with Gasteiger partial charge in [0.25, 0.3) is 0 Å². The Morgan fingerprint density at radius 2 is 2.05 bits per heavy atom. The minimum absolute atomic E-state index is 0.300. The highest BCUT2D eigenvalue weighted by molar-refractivity contribution is 6.31. The molecular weight excluding hydrogens is 289 g/mol. The Hall–Kier alpha value is -2.00. The largest absolute Gasteiger partial charge is 0.489 e. The molecule has 0 N–H and O–H groups in total. The smallest absolute Gasteiger partial charge is 0.126 e. The normalized spacial score (nSPS) is 11.0. The van der Waals surface area contributed by atoms with E-state index in [0.29, 0.717) is 17.4 Å². The Labute approximate surface area is 127 Å². The lowest BCUT2D eigenvalue weighted by molar-refractivity contribution is 0.305. The Bertz CT molecular complexity index is 782. The van der Waals surface area contributed by atoms with E-state index in [2.05, 4.69) is 17.7 Å². The lowest BCUT2D eigenvalue weighted by Crippen LogP contribution is -1.95. The zero-order valence-corrected chi connectivity index (χ0v) is 12.4. The number of aryl methyl sites for hydroxylation is 1. The van der Waals surface area contributed by atoms with Crippen LogP contribution >= 0.6 is 11.6 Å². The van der Waals surface area contributed by atoms with Gasteiger partial charge in [0.2, 0.25) is 0 Å². The molecule has 0 aliphatic carbocycles. The summed E-state index contributed by atoms with van der Waals surface area (Å²) in [5, 5.41) is 1.77. The van der Waals surface area contributed by atoms with Crippen LogP contribution in [-0.2, 0) is 13.2 Å². The van der Waals surface area contributed by atoms with E-state index >= 15 is 0 Å². The molecule has 0 amide bonds. The molecule has 2 nitrogen and oxygen atoms in total. The number of benzene rings is 2. The monoisotopic (exact) mass is 303 g/mol. The molecule has 3 aromatic rings. The number of ether oxygens (including phenoxy) is 1. The van der Waals surface area contributed by atoms with Crippen LogP contribution in [0.2, 0.25) is 5.02 Å². The van der Waals surface area contributed by atoms with Crippen molar-refractivity contribution in [3.8, 4) is 5.75 Å². The van der Waals surface area contributed by atoms with Crippen molar-refractivity contribution in [1.82, 2.24) is 4.57 Å². The van der Waals surface area contributed by atoms with Gasteiger partial charge in [-0.2, -0.15) is 0 Å². The van der Waals surface area contributed by atoms with Crippen LogP contribution in [0, 0.1) is 5.82 Å². The van der Waals surface area contributed by atoms with Crippen molar-refractivity contribution in [2.45, 2.75) is 20.1 Å². The van der Waals surface area contributed by atoms with E-state index in [4.69, 9.17) is 16.3 Å². The molecule has 0 saturated carbocycles. The van der Waals surface area contributed by atoms with Gasteiger partial charge in [0.1, 0.15) is 18.2 Å². The number of nitrogens with zero attached hydrogens (tertiary/aromatic N) is 1. The van der Waals surface area contributed by atoms with E-state index in [1.807, 2.05) is 18.2 Å². The molecule has 0 radical (unpaired) electrons. The summed E-state index contributed by atoms with van der Waals surface area (Å²) in [6.07, 6.45) is 2.06. The van der Waals surface area contributed by atoms with Crippen LogP contribution in [-0.4, -0.2) is 4.57 Å². The lowest BCUT2D eigenvalue weighted by atomic mass is 10.2. The number of hydrogen-bond donors (Lipinski definition) is 0. The molecule has 21 heavy (non-hydrogen) atoms. The second-order valence-corrected chi connectivity index (χ2v) is 5.28. The summed E-state index contributed by atoms with van der Waals surface area (Å²) in [5.41, 5.74) is 2.17. The van der Waals surface area contributed by atoms with Gasteiger partial charge in [0.05, 0.1) is 0 Å². The van der Waals surface area contributed by atoms with E-state index in [-0.39, 0.29) is 5.82 Å². The molecule has 1 heterocycles. The second-order valence-electron chi connectivity index (χ2n) is 4.85. The average Bonchev–Trinajstić information content (AvgIpc) is 2.82. The minimum Gasteiger partial charge on any atom is -0.489 e. The second kappa shape index (κ2) is 5.78. The van der Waals surface area contributed by atoms with Crippen LogP contribution in [0.4, 0.5) is 4.39 Å². The summed E-state index contributed by atoms with van der Waals surface area (Å²) in [6, 6.07) is 12.0. The highest BCUT2D eigenvalue weighted by Gasteiger charge is 2.09. The van der Waals surface area contributed by atoms with Crippen molar-refractivity contribution in [2.75, 3.05) is 0 Å². The zero-order valence-electron chi connectivity index (χ0n) is 11.6. The SMILES string of the molecule is CCn1cc(COc2cccc(F)c2)c2cc(Cl)ccc21. The van der Waals surface area contributed by atoms with Crippen molar-refractivity contribution in [1.29, 1.82) is 0 Å². The molecule has 0 atom stereocenters. The third-order valence-electron chi connectivity index (χ3n) is 3.46. The summed E-state index contributed by atoms with van der Waals surface area (Å²) >= 11 is 6.08. The molecule has 0 fully saturated rings. The molecule has 0 bridgehead atoms. The Morgan fingerprint density at radius 1 is 1.19 bits per heavy atom. The maximum Gasteiger partial charge on any atom is 0.126 e. The first-order valence-corrected chi connectivity index (χ1v) is 7.21. The Balaban J connectivity index is 1.91. The van der Waals surface area contributed by atoms with E-state index in [0.717, 1.165) is 23.0 Å². The molecule has 1 aromatic heterocycles. The van der Waals surface area contributed by atoms with Crippen molar-refractivity contribution < 1.29 is 9.13 Å². The maximum absolute atomic E-state index is 13.2. The first-order chi connectivity index (χ1) is 10.2. The molecule has 0 aliphatic heterocycles. The topological polar surface area (TPSA) is 14.2 Å². The summed E-state index contributed by atoms with van der Waals surface area (Å²) in [6.45, 7) is 3.34. The highest BCUT2D eigenvalue weighted by atomic mass is 35.5. The fourth-order valence-corrected chi connectivity index (χ4v) is 2.61. The van der Waals surface area contributed by atoms with E-state index < -0.39 is 0 Å². The number of halogens is 2. The third kappa shape index (κ3) is 2.88. The summed E-state index contributed by atoms with van der Waals surface area (Å²) in [5.74, 6) is 0.223. The molecule has 0 unspecified atom stereocenters. The van der Waals surface area contributed by atoms with Gasteiger partial charge < -0.3 is 9.30 Å². The van der Waals surface area contributed by atoms with Gasteiger partial charge in [-0.1, -0.05) is 17.7 Å².